The molecule has 96 valence electrons. The molecule has 5 heteroatoms. The number of carbonyl (C=O) groups is 2. The molecule has 2 heterocycles. The van der Waals surface area contributed by atoms with Gasteiger partial charge in [-0.25, -0.2) is 0 Å². The molecule has 0 bridgehead atoms. The van der Waals surface area contributed by atoms with Crippen LogP contribution in [-0.4, -0.2) is 61.5 Å². The monoisotopic (exact) mass is 240 g/mol. The van der Waals surface area contributed by atoms with Crippen LogP contribution in [0.5, 0.6) is 0 Å². The molecule has 0 aromatic heterocycles. The van der Waals surface area contributed by atoms with Gasteiger partial charge in [0.15, 0.2) is 0 Å². The van der Waals surface area contributed by atoms with Crippen molar-refractivity contribution in [2.24, 2.45) is 5.92 Å². The average Bonchev–Trinajstić information content (AvgIpc) is 2.95. The lowest BCUT2D eigenvalue weighted by Crippen LogP contribution is -2.35. The van der Waals surface area contributed by atoms with Gasteiger partial charge >= 0.3 is 0 Å². The zero-order valence-corrected chi connectivity index (χ0v) is 10.4. The summed E-state index contributed by atoms with van der Waals surface area (Å²) < 4.78 is 4.96. The third-order valence-corrected chi connectivity index (χ3v) is 3.55. The van der Waals surface area contributed by atoms with Gasteiger partial charge in [0.1, 0.15) is 0 Å². The Balaban J connectivity index is 1.86. The number of amides is 2. The van der Waals surface area contributed by atoms with Crippen LogP contribution in [0.3, 0.4) is 0 Å². The Morgan fingerprint density at radius 1 is 1.41 bits per heavy atom. The van der Waals surface area contributed by atoms with E-state index >= 15 is 0 Å². The second-order valence-electron chi connectivity index (χ2n) is 4.77. The molecule has 0 spiro atoms. The minimum atomic E-state index is -0.127. The van der Waals surface area contributed by atoms with Crippen LogP contribution >= 0.6 is 0 Å². The second kappa shape index (κ2) is 5.49. The summed E-state index contributed by atoms with van der Waals surface area (Å²) in [5.74, 6) is 0.118. The minimum absolute atomic E-state index is 0.0830. The molecule has 1 unspecified atom stereocenters. The Bertz CT molecular complexity index is 300. The summed E-state index contributed by atoms with van der Waals surface area (Å²) in [5.41, 5.74) is 0. The van der Waals surface area contributed by atoms with Crippen LogP contribution in [0.25, 0.3) is 0 Å². The van der Waals surface area contributed by atoms with Gasteiger partial charge in [0.05, 0.1) is 12.5 Å². The lowest BCUT2D eigenvalue weighted by atomic mass is 10.1. The smallest absolute Gasteiger partial charge is 0.227 e. The predicted octanol–water partition coefficient (Wildman–Crippen LogP) is 0.104. The molecule has 0 radical (unpaired) electrons. The largest absolute Gasteiger partial charge is 0.383 e. The van der Waals surface area contributed by atoms with Gasteiger partial charge in [-0.2, -0.15) is 0 Å². The van der Waals surface area contributed by atoms with Gasteiger partial charge in [0.2, 0.25) is 11.8 Å². The van der Waals surface area contributed by atoms with Gasteiger partial charge in [-0.15, -0.1) is 0 Å². The van der Waals surface area contributed by atoms with Crippen molar-refractivity contribution in [3.8, 4) is 0 Å². The molecule has 0 aromatic rings. The lowest BCUT2D eigenvalue weighted by molar-refractivity contribution is -0.134. The van der Waals surface area contributed by atoms with E-state index in [1.165, 1.54) is 0 Å². The highest BCUT2D eigenvalue weighted by Crippen LogP contribution is 2.22. The molecule has 2 saturated heterocycles. The van der Waals surface area contributed by atoms with Crippen LogP contribution in [0.1, 0.15) is 19.3 Å². The molecule has 17 heavy (non-hydrogen) atoms. The van der Waals surface area contributed by atoms with Crippen molar-refractivity contribution < 1.29 is 14.3 Å². The summed E-state index contributed by atoms with van der Waals surface area (Å²) in [6.07, 6.45) is 2.57. The van der Waals surface area contributed by atoms with E-state index in [0.29, 0.717) is 26.1 Å². The Kier molecular flexibility index (Phi) is 3.99. The van der Waals surface area contributed by atoms with Crippen LogP contribution in [0, 0.1) is 5.92 Å². The zero-order chi connectivity index (χ0) is 12.3. The Morgan fingerprint density at radius 2 is 2.12 bits per heavy atom. The molecule has 2 fully saturated rings. The standard InChI is InChI=1S/C12H20N2O3/c1-17-7-6-14-9-10(8-11(14)15)12(16)13-4-2-3-5-13/h10H,2-9H2,1H3. The molecule has 2 amide bonds. The number of nitrogens with zero attached hydrogens (tertiary/aromatic N) is 2. The quantitative estimate of drug-likeness (QED) is 0.700. The van der Waals surface area contributed by atoms with Crippen molar-refractivity contribution in [1.82, 2.24) is 9.80 Å². The maximum atomic E-state index is 12.1. The van der Waals surface area contributed by atoms with E-state index in [0.717, 1.165) is 25.9 Å². The minimum Gasteiger partial charge on any atom is -0.383 e. The number of hydrogen-bond acceptors (Lipinski definition) is 3. The van der Waals surface area contributed by atoms with Crippen LogP contribution in [-0.2, 0) is 14.3 Å². The first-order valence-corrected chi connectivity index (χ1v) is 6.28. The molecule has 2 aliphatic rings. The third-order valence-electron chi connectivity index (χ3n) is 3.55. The van der Waals surface area contributed by atoms with Crippen molar-refractivity contribution in [2.45, 2.75) is 19.3 Å². The third kappa shape index (κ3) is 2.77. The van der Waals surface area contributed by atoms with Crippen LogP contribution < -0.4 is 0 Å². The van der Waals surface area contributed by atoms with Gasteiger partial charge in [0.25, 0.3) is 0 Å². The highest BCUT2D eigenvalue weighted by Gasteiger charge is 2.36. The summed E-state index contributed by atoms with van der Waals surface area (Å²) in [5, 5.41) is 0. The van der Waals surface area contributed by atoms with Gasteiger partial charge < -0.3 is 14.5 Å². The van der Waals surface area contributed by atoms with Crippen molar-refractivity contribution in [3.63, 3.8) is 0 Å². The van der Waals surface area contributed by atoms with Gasteiger partial charge in [-0.1, -0.05) is 0 Å². The topological polar surface area (TPSA) is 49.9 Å². The van der Waals surface area contributed by atoms with Gasteiger partial charge in [-0.05, 0) is 12.8 Å². The van der Waals surface area contributed by atoms with E-state index in [1.54, 1.807) is 12.0 Å². The molecule has 0 aliphatic carbocycles. The fourth-order valence-corrected chi connectivity index (χ4v) is 2.55. The zero-order valence-electron chi connectivity index (χ0n) is 10.4. The van der Waals surface area contributed by atoms with Crippen molar-refractivity contribution >= 4 is 11.8 Å². The summed E-state index contributed by atoms with van der Waals surface area (Å²) in [7, 11) is 1.62. The van der Waals surface area contributed by atoms with Crippen LogP contribution in [0.2, 0.25) is 0 Å². The normalized spacial score (nSPS) is 24.8. The van der Waals surface area contributed by atoms with Gasteiger partial charge in [-0.3, -0.25) is 9.59 Å². The lowest BCUT2D eigenvalue weighted by Gasteiger charge is -2.20. The molecule has 1 atom stereocenters. The fraction of sp³-hybridized carbons (Fsp3) is 0.833. The number of ether oxygens (including phenoxy) is 1. The van der Waals surface area contributed by atoms with E-state index in [9.17, 15) is 9.59 Å². The predicted molar refractivity (Wildman–Crippen MR) is 62.4 cm³/mol. The molecule has 0 N–H and O–H groups in total. The number of hydrogen-bond donors (Lipinski definition) is 0. The number of likely N-dealkylation sites (tertiary alicyclic amines) is 2. The first-order chi connectivity index (χ1) is 8.22. The van der Waals surface area contributed by atoms with E-state index in [1.807, 2.05) is 4.90 Å². The summed E-state index contributed by atoms with van der Waals surface area (Å²) in [6, 6.07) is 0. The molecular formula is C12H20N2O3. The molecule has 5 nitrogen and oxygen atoms in total. The van der Waals surface area contributed by atoms with E-state index < -0.39 is 0 Å². The number of rotatable bonds is 4. The summed E-state index contributed by atoms with van der Waals surface area (Å²) in [4.78, 5) is 27.5. The molecular weight excluding hydrogens is 220 g/mol. The first-order valence-electron chi connectivity index (χ1n) is 6.28. The van der Waals surface area contributed by atoms with E-state index in [4.69, 9.17) is 4.74 Å². The van der Waals surface area contributed by atoms with Crippen LogP contribution in [0.15, 0.2) is 0 Å². The number of methoxy groups -OCH3 is 1. The fourth-order valence-electron chi connectivity index (χ4n) is 2.55. The Hall–Kier alpha value is -1.10. The molecule has 2 aliphatic heterocycles. The SMILES string of the molecule is COCCN1CC(C(=O)N2CCCC2)CC1=O. The van der Waals surface area contributed by atoms with Crippen LogP contribution in [0.4, 0.5) is 0 Å². The summed E-state index contributed by atoms with van der Waals surface area (Å²) >= 11 is 0. The molecule has 0 saturated carbocycles. The maximum Gasteiger partial charge on any atom is 0.227 e. The van der Waals surface area contributed by atoms with Crippen molar-refractivity contribution in [2.75, 3.05) is 39.9 Å². The Labute approximate surface area is 102 Å². The van der Waals surface area contributed by atoms with Crippen molar-refractivity contribution in [3.05, 3.63) is 0 Å². The Morgan fingerprint density at radius 3 is 2.76 bits per heavy atom. The van der Waals surface area contributed by atoms with E-state index in [-0.39, 0.29) is 17.7 Å². The average molecular weight is 240 g/mol. The van der Waals surface area contributed by atoms with Crippen molar-refractivity contribution in [1.29, 1.82) is 0 Å². The molecule has 2 rings (SSSR count). The second-order valence-corrected chi connectivity index (χ2v) is 4.77. The van der Waals surface area contributed by atoms with Gasteiger partial charge in [0, 0.05) is 39.7 Å². The maximum absolute atomic E-state index is 12.1. The van der Waals surface area contributed by atoms with E-state index in [2.05, 4.69) is 0 Å². The first kappa shape index (κ1) is 12.4. The summed E-state index contributed by atoms with van der Waals surface area (Å²) in [6.45, 7) is 3.43. The molecule has 0 aromatic carbocycles. The highest BCUT2D eigenvalue weighted by atomic mass is 16.5. The number of carbonyl (C=O) groups excluding carboxylic acids is 2. The highest BCUT2D eigenvalue weighted by molar-refractivity contribution is 5.89.